The molecule has 0 aliphatic heterocycles. The number of benzene rings is 1. The van der Waals surface area contributed by atoms with E-state index in [1.54, 1.807) is 11.3 Å². The van der Waals surface area contributed by atoms with Gasteiger partial charge in [-0.2, -0.15) is 0 Å². The molecule has 4 rings (SSSR count). The monoisotopic (exact) mass is 365 g/mol. The molecule has 130 valence electrons. The number of hydrogen-bond donors (Lipinski definition) is 1. The summed E-state index contributed by atoms with van der Waals surface area (Å²) in [5.41, 5.74) is 9.02. The van der Waals surface area contributed by atoms with Crippen LogP contribution in [0.3, 0.4) is 0 Å². The van der Waals surface area contributed by atoms with E-state index in [2.05, 4.69) is 26.2 Å². The van der Waals surface area contributed by atoms with Crippen molar-refractivity contribution >= 4 is 27.5 Å². The Bertz CT molecular complexity index is 1100. The van der Waals surface area contributed by atoms with Crippen molar-refractivity contribution in [1.29, 1.82) is 0 Å². The van der Waals surface area contributed by atoms with E-state index < -0.39 is 5.91 Å². The minimum absolute atomic E-state index is 0.0559. The number of rotatable bonds is 5. The molecule has 7 nitrogen and oxygen atoms in total. The first-order chi connectivity index (χ1) is 12.6. The topological polar surface area (TPSA) is 108 Å². The second-order valence-electron chi connectivity index (χ2n) is 5.86. The summed E-state index contributed by atoms with van der Waals surface area (Å²) in [5.74, 6) is 0.139. The van der Waals surface area contributed by atoms with E-state index in [0.29, 0.717) is 12.3 Å². The molecule has 0 atom stereocenters. The number of carbonyl (C=O) groups excluding carboxylic acids is 1. The van der Waals surface area contributed by atoms with Crippen molar-refractivity contribution in [3.63, 3.8) is 0 Å². The van der Waals surface area contributed by atoms with Crippen LogP contribution >= 0.6 is 11.3 Å². The molecule has 1 aromatic carbocycles. The standard InChI is InChI=1S/C18H15N5O2S/c1-10-3-2-4-12(20-10)11-5-6-13-14(7-11)26-18(21-13)9-17-23-22-16(25-17)8-15(19)24/h2-7H,8-9H2,1H3,(H2,19,24). The third-order valence-electron chi connectivity index (χ3n) is 3.75. The van der Waals surface area contributed by atoms with Gasteiger partial charge in [0.2, 0.25) is 17.7 Å². The largest absolute Gasteiger partial charge is 0.424 e. The summed E-state index contributed by atoms with van der Waals surface area (Å²) in [6, 6.07) is 12.1. The van der Waals surface area contributed by atoms with E-state index >= 15 is 0 Å². The summed E-state index contributed by atoms with van der Waals surface area (Å²) in [6.45, 7) is 1.98. The predicted molar refractivity (Wildman–Crippen MR) is 97.6 cm³/mol. The van der Waals surface area contributed by atoms with E-state index in [4.69, 9.17) is 10.2 Å². The van der Waals surface area contributed by atoms with Crippen molar-refractivity contribution < 1.29 is 9.21 Å². The molecule has 1 amide bonds. The molecule has 0 unspecified atom stereocenters. The molecule has 8 heteroatoms. The average molecular weight is 365 g/mol. The summed E-state index contributed by atoms with van der Waals surface area (Å²) in [5, 5.41) is 8.63. The molecule has 0 spiro atoms. The number of carbonyl (C=O) groups is 1. The van der Waals surface area contributed by atoms with Gasteiger partial charge in [0.25, 0.3) is 0 Å². The van der Waals surface area contributed by atoms with E-state index in [1.807, 2.05) is 37.3 Å². The lowest BCUT2D eigenvalue weighted by Gasteiger charge is -2.01. The zero-order valence-electron chi connectivity index (χ0n) is 14.0. The van der Waals surface area contributed by atoms with Crippen molar-refractivity contribution in [1.82, 2.24) is 20.2 Å². The summed E-state index contributed by atoms with van der Waals surface area (Å²) in [4.78, 5) is 20.1. The van der Waals surface area contributed by atoms with Gasteiger partial charge in [-0.05, 0) is 31.2 Å². The fourth-order valence-electron chi connectivity index (χ4n) is 2.62. The van der Waals surface area contributed by atoms with Crippen LogP contribution in [-0.4, -0.2) is 26.1 Å². The molecule has 0 radical (unpaired) electrons. The first-order valence-corrected chi connectivity index (χ1v) is 8.81. The molecule has 26 heavy (non-hydrogen) atoms. The highest BCUT2D eigenvalue weighted by atomic mass is 32.1. The molecule has 0 aliphatic carbocycles. The van der Waals surface area contributed by atoms with E-state index in [9.17, 15) is 4.79 Å². The van der Waals surface area contributed by atoms with E-state index in [0.717, 1.165) is 32.2 Å². The van der Waals surface area contributed by atoms with Crippen molar-refractivity contribution in [2.75, 3.05) is 0 Å². The first kappa shape index (κ1) is 16.3. The van der Waals surface area contributed by atoms with Crippen LogP contribution in [0.5, 0.6) is 0 Å². The summed E-state index contributed by atoms with van der Waals surface area (Å²) >= 11 is 1.57. The number of aromatic nitrogens is 4. The fraction of sp³-hybridized carbons (Fsp3) is 0.167. The maximum absolute atomic E-state index is 10.9. The van der Waals surface area contributed by atoms with E-state index in [1.165, 1.54) is 0 Å². The van der Waals surface area contributed by atoms with E-state index in [-0.39, 0.29) is 12.3 Å². The highest BCUT2D eigenvalue weighted by Crippen LogP contribution is 2.28. The number of nitrogens with zero attached hydrogens (tertiary/aromatic N) is 4. The van der Waals surface area contributed by atoms with Crippen molar-refractivity contribution in [3.8, 4) is 11.3 Å². The van der Waals surface area contributed by atoms with Gasteiger partial charge in [0.05, 0.1) is 22.3 Å². The fourth-order valence-corrected chi connectivity index (χ4v) is 3.62. The molecule has 2 N–H and O–H groups in total. The van der Waals surface area contributed by atoms with Gasteiger partial charge in [-0.1, -0.05) is 12.1 Å². The third kappa shape index (κ3) is 3.45. The second-order valence-corrected chi connectivity index (χ2v) is 6.98. The molecule has 4 aromatic rings. The van der Waals surface area contributed by atoms with Crippen molar-refractivity contribution in [2.45, 2.75) is 19.8 Å². The minimum Gasteiger partial charge on any atom is -0.424 e. The number of hydrogen-bond acceptors (Lipinski definition) is 7. The Morgan fingerprint density at radius 1 is 1.15 bits per heavy atom. The number of aryl methyl sites for hydroxylation is 1. The van der Waals surface area contributed by atoms with Gasteiger partial charge < -0.3 is 10.2 Å². The van der Waals surface area contributed by atoms with Crippen LogP contribution in [0.25, 0.3) is 21.5 Å². The van der Waals surface area contributed by atoms with Gasteiger partial charge in [0.15, 0.2) is 0 Å². The normalized spacial score (nSPS) is 11.1. The van der Waals surface area contributed by atoms with Crippen LogP contribution in [0.2, 0.25) is 0 Å². The molecular formula is C18H15N5O2S. The van der Waals surface area contributed by atoms with Crippen molar-refractivity contribution in [3.05, 3.63) is 58.9 Å². The van der Waals surface area contributed by atoms with Gasteiger partial charge in [0, 0.05) is 11.3 Å². The maximum Gasteiger partial charge on any atom is 0.226 e. The van der Waals surface area contributed by atoms with Gasteiger partial charge in [0.1, 0.15) is 11.4 Å². The molecule has 3 aromatic heterocycles. The zero-order valence-corrected chi connectivity index (χ0v) is 14.8. The second kappa shape index (κ2) is 6.64. The Morgan fingerprint density at radius 3 is 2.81 bits per heavy atom. The number of fused-ring (bicyclic) bond motifs is 1. The van der Waals surface area contributed by atoms with Gasteiger partial charge >= 0.3 is 0 Å². The summed E-state index contributed by atoms with van der Waals surface area (Å²) < 4.78 is 6.50. The Balaban J connectivity index is 1.59. The molecule has 0 bridgehead atoms. The zero-order chi connectivity index (χ0) is 18.1. The molecule has 0 aliphatic rings. The highest BCUT2D eigenvalue weighted by Gasteiger charge is 2.13. The van der Waals surface area contributed by atoms with Crippen molar-refractivity contribution in [2.24, 2.45) is 5.73 Å². The Morgan fingerprint density at radius 2 is 2.00 bits per heavy atom. The van der Waals surface area contributed by atoms with Crippen LogP contribution in [0.15, 0.2) is 40.8 Å². The number of thiazole rings is 1. The highest BCUT2D eigenvalue weighted by molar-refractivity contribution is 7.18. The van der Waals surface area contributed by atoms with Crippen LogP contribution in [0.4, 0.5) is 0 Å². The quantitative estimate of drug-likeness (QED) is 0.582. The number of nitrogens with two attached hydrogens (primary N) is 1. The first-order valence-electron chi connectivity index (χ1n) is 8.00. The lowest BCUT2D eigenvalue weighted by Crippen LogP contribution is -2.13. The van der Waals surface area contributed by atoms with Gasteiger partial charge in [-0.25, -0.2) is 4.98 Å². The summed E-state index contributed by atoms with van der Waals surface area (Å²) in [7, 11) is 0. The van der Waals surface area contributed by atoms with Crippen LogP contribution in [-0.2, 0) is 17.6 Å². The maximum atomic E-state index is 10.9. The molecular weight excluding hydrogens is 350 g/mol. The average Bonchev–Trinajstić information content (AvgIpc) is 3.20. The molecule has 0 saturated heterocycles. The van der Waals surface area contributed by atoms with Gasteiger partial charge in [-0.3, -0.25) is 9.78 Å². The van der Waals surface area contributed by atoms with Crippen LogP contribution < -0.4 is 5.73 Å². The van der Waals surface area contributed by atoms with Gasteiger partial charge in [-0.15, -0.1) is 21.5 Å². The minimum atomic E-state index is -0.502. The number of primary amides is 1. The Labute approximate surface area is 152 Å². The molecule has 0 saturated carbocycles. The SMILES string of the molecule is Cc1cccc(-c2ccc3nc(Cc4nnc(CC(N)=O)o4)sc3c2)n1. The lowest BCUT2D eigenvalue weighted by atomic mass is 10.1. The smallest absolute Gasteiger partial charge is 0.226 e. The lowest BCUT2D eigenvalue weighted by molar-refractivity contribution is -0.117. The Hall–Kier alpha value is -3.13. The third-order valence-corrected chi connectivity index (χ3v) is 4.77. The number of pyridine rings is 1. The van der Waals surface area contributed by atoms with Crippen LogP contribution in [0.1, 0.15) is 22.5 Å². The van der Waals surface area contributed by atoms with Crippen LogP contribution in [0, 0.1) is 6.92 Å². The Kier molecular flexibility index (Phi) is 4.18. The summed E-state index contributed by atoms with van der Waals surface area (Å²) in [6.07, 6.45) is 0.364. The molecule has 0 fully saturated rings. The number of amides is 1. The molecule has 3 heterocycles. The predicted octanol–water partition coefficient (Wildman–Crippen LogP) is 2.67.